The molecule has 0 aromatic heterocycles. The van der Waals surface area contributed by atoms with Gasteiger partial charge in [-0.25, -0.2) is 4.79 Å². The van der Waals surface area contributed by atoms with Gasteiger partial charge in [0.25, 0.3) is 0 Å². The molecule has 0 unspecified atom stereocenters. The van der Waals surface area contributed by atoms with Gasteiger partial charge in [0.15, 0.2) is 5.60 Å². The SMILES string of the molecule is COc1cccc([C@@](C)(OC)C(=O)O[C@@H]2C[C@H](C)CC[C@H]2C(C)C)c1. The summed E-state index contributed by atoms with van der Waals surface area (Å²) in [4.78, 5) is 13.1. The summed E-state index contributed by atoms with van der Waals surface area (Å²) in [5.74, 6) is 1.86. The Morgan fingerprint density at radius 1 is 1.24 bits per heavy atom. The highest BCUT2D eigenvalue weighted by Crippen LogP contribution is 2.37. The molecule has 1 aromatic carbocycles. The molecule has 0 aliphatic heterocycles. The summed E-state index contributed by atoms with van der Waals surface area (Å²) in [6.45, 7) is 8.41. The molecular formula is C21H32O4. The van der Waals surface area contributed by atoms with Crippen LogP contribution in [0.4, 0.5) is 0 Å². The fourth-order valence-corrected chi connectivity index (χ4v) is 3.74. The van der Waals surface area contributed by atoms with Gasteiger partial charge in [0, 0.05) is 7.11 Å². The molecule has 0 amide bonds. The highest BCUT2D eigenvalue weighted by Gasteiger charge is 2.41. The van der Waals surface area contributed by atoms with Crippen LogP contribution in [0.15, 0.2) is 24.3 Å². The van der Waals surface area contributed by atoms with E-state index in [-0.39, 0.29) is 12.1 Å². The third kappa shape index (κ3) is 4.35. The fourth-order valence-electron chi connectivity index (χ4n) is 3.74. The maximum Gasteiger partial charge on any atom is 0.343 e. The summed E-state index contributed by atoms with van der Waals surface area (Å²) < 4.78 is 16.9. The molecule has 1 aliphatic rings. The molecule has 2 rings (SSSR count). The second-order valence-electron chi connectivity index (χ2n) is 7.74. The van der Waals surface area contributed by atoms with Gasteiger partial charge in [-0.2, -0.15) is 0 Å². The first-order valence-electron chi connectivity index (χ1n) is 9.22. The zero-order valence-electron chi connectivity index (χ0n) is 16.4. The van der Waals surface area contributed by atoms with Gasteiger partial charge < -0.3 is 14.2 Å². The Hall–Kier alpha value is -1.55. The van der Waals surface area contributed by atoms with E-state index >= 15 is 0 Å². The minimum absolute atomic E-state index is 0.0451. The van der Waals surface area contributed by atoms with Crippen molar-refractivity contribution in [2.75, 3.05) is 14.2 Å². The smallest absolute Gasteiger partial charge is 0.343 e. The van der Waals surface area contributed by atoms with Crippen molar-refractivity contribution in [1.29, 1.82) is 0 Å². The van der Waals surface area contributed by atoms with Gasteiger partial charge in [0.2, 0.25) is 0 Å². The summed E-state index contributed by atoms with van der Waals surface area (Å²) in [5, 5.41) is 0. The zero-order chi connectivity index (χ0) is 18.6. The van der Waals surface area contributed by atoms with Crippen LogP contribution in [0.2, 0.25) is 0 Å². The van der Waals surface area contributed by atoms with E-state index in [1.807, 2.05) is 24.3 Å². The van der Waals surface area contributed by atoms with Crippen LogP contribution >= 0.6 is 0 Å². The van der Waals surface area contributed by atoms with E-state index < -0.39 is 5.60 Å². The first kappa shape index (κ1) is 19.8. The molecule has 4 nitrogen and oxygen atoms in total. The number of ether oxygens (including phenoxy) is 3. The lowest BCUT2D eigenvalue weighted by molar-refractivity contribution is -0.180. The molecule has 140 valence electrons. The third-order valence-electron chi connectivity index (χ3n) is 5.64. The van der Waals surface area contributed by atoms with Crippen molar-refractivity contribution in [3.05, 3.63) is 29.8 Å². The number of rotatable bonds is 6. The monoisotopic (exact) mass is 348 g/mol. The minimum atomic E-state index is -1.14. The van der Waals surface area contributed by atoms with E-state index in [0.29, 0.717) is 23.5 Å². The normalized spacial score (nSPS) is 26.1. The number of carbonyl (C=O) groups is 1. The molecule has 0 radical (unpaired) electrons. The predicted molar refractivity (Wildman–Crippen MR) is 98.6 cm³/mol. The van der Waals surface area contributed by atoms with E-state index in [2.05, 4.69) is 20.8 Å². The Morgan fingerprint density at radius 2 is 1.96 bits per heavy atom. The van der Waals surface area contributed by atoms with Gasteiger partial charge in [0.05, 0.1) is 7.11 Å². The van der Waals surface area contributed by atoms with E-state index in [0.717, 1.165) is 18.4 Å². The van der Waals surface area contributed by atoms with Crippen LogP contribution in [-0.4, -0.2) is 26.3 Å². The average molecular weight is 348 g/mol. The van der Waals surface area contributed by atoms with Crippen LogP contribution in [0.1, 0.15) is 52.5 Å². The quantitative estimate of drug-likeness (QED) is 0.707. The number of methoxy groups -OCH3 is 2. The van der Waals surface area contributed by atoms with Gasteiger partial charge in [-0.3, -0.25) is 0 Å². The van der Waals surface area contributed by atoms with E-state index in [1.165, 1.54) is 6.42 Å². The predicted octanol–water partition coefficient (Wildman–Crippen LogP) is 4.56. The number of carbonyl (C=O) groups excluding carboxylic acids is 1. The number of benzene rings is 1. The molecule has 0 spiro atoms. The molecular weight excluding hydrogens is 316 g/mol. The van der Waals surface area contributed by atoms with E-state index in [9.17, 15) is 4.79 Å². The molecule has 0 saturated heterocycles. The summed E-state index contributed by atoms with van der Waals surface area (Å²) in [6.07, 6.45) is 3.19. The maximum absolute atomic E-state index is 13.1. The molecule has 1 fully saturated rings. The number of esters is 1. The second-order valence-corrected chi connectivity index (χ2v) is 7.74. The molecule has 4 atom stereocenters. The van der Waals surface area contributed by atoms with Crippen molar-refractivity contribution >= 4 is 5.97 Å². The van der Waals surface area contributed by atoms with Crippen molar-refractivity contribution in [2.45, 2.75) is 58.7 Å². The van der Waals surface area contributed by atoms with Gasteiger partial charge in [0.1, 0.15) is 11.9 Å². The highest BCUT2D eigenvalue weighted by atomic mass is 16.6. The van der Waals surface area contributed by atoms with E-state index in [4.69, 9.17) is 14.2 Å². The summed E-state index contributed by atoms with van der Waals surface area (Å²) in [6, 6.07) is 7.41. The Balaban J connectivity index is 2.22. The van der Waals surface area contributed by atoms with Crippen LogP contribution in [0.3, 0.4) is 0 Å². The van der Waals surface area contributed by atoms with Crippen molar-refractivity contribution in [3.8, 4) is 5.75 Å². The Bertz CT molecular complexity index is 583. The van der Waals surface area contributed by atoms with Gasteiger partial charge >= 0.3 is 5.97 Å². The van der Waals surface area contributed by atoms with Crippen molar-refractivity contribution in [3.63, 3.8) is 0 Å². The van der Waals surface area contributed by atoms with Crippen molar-refractivity contribution in [2.24, 2.45) is 17.8 Å². The van der Waals surface area contributed by atoms with Gasteiger partial charge in [-0.1, -0.05) is 39.3 Å². The van der Waals surface area contributed by atoms with Crippen LogP contribution in [0.25, 0.3) is 0 Å². The van der Waals surface area contributed by atoms with Crippen molar-refractivity contribution in [1.82, 2.24) is 0 Å². The Kier molecular flexibility index (Phi) is 6.50. The summed E-state index contributed by atoms with van der Waals surface area (Å²) in [7, 11) is 3.16. The number of hydrogen-bond donors (Lipinski definition) is 0. The standard InChI is InChI=1S/C21H32O4/c1-14(2)18-11-10-15(3)12-19(18)25-20(22)21(4,24-6)16-8-7-9-17(13-16)23-5/h7-9,13-15,18-19H,10-12H2,1-6H3/t15-,18+,19-,21-/m1/s1. The van der Waals surface area contributed by atoms with Crippen LogP contribution in [0, 0.1) is 17.8 Å². The first-order valence-corrected chi connectivity index (χ1v) is 9.22. The fraction of sp³-hybridized carbons (Fsp3) is 0.667. The van der Waals surface area contributed by atoms with E-state index in [1.54, 1.807) is 21.1 Å². The second kappa shape index (κ2) is 8.22. The third-order valence-corrected chi connectivity index (χ3v) is 5.64. The summed E-state index contributed by atoms with van der Waals surface area (Å²) >= 11 is 0. The lowest BCUT2D eigenvalue weighted by atomic mass is 9.75. The lowest BCUT2D eigenvalue weighted by Crippen LogP contribution is -2.43. The largest absolute Gasteiger partial charge is 0.497 e. The molecule has 0 bridgehead atoms. The average Bonchev–Trinajstić information content (AvgIpc) is 2.60. The van der Waals surface area contributed by atoms with Crippen LogP contribution in [-0.2, 0) is 19.9 Å². The van der Waals surface area contributed by atoms with Crippen LogP contribution in [0.5, 0.6) is 5.75 Å². The Labute approximate surface area is 151 Å². The highest BCUT2D eigenvalue weighted by molar-refractivity contribution is 5.81. The molecule has 1 aliphatic carbocycles. The molecule has 1 saturated carbocycles. The number of hydrogen-bond acceptors (Lipinski definition) is 4. The zero-order valence-corrected chi connectivity index (χ0v) is 16.4. The maximum atomic E-state index is 13.1. The molecule has 0 heterocycles. The topological polar surface area (TPSA) is 44.8 Å². The molecule has 4 heteroatoms. The lowest BCUT2D eigenvalue weighted by Gasteiger charge is -2.38. The first-order chi connectivity index (χ1) is 11.8. The Morgan fingerprint density at radius 3 is 2.56 bits per heavy atom. The summed E-state index contributed by atoms with van der Waals surface area (Å²) in [5.41, 5.74) is -0.402. The minimum Gasteiger partial charge on any atom is -0.497 e. The van der Waals surface area contributed by atoms with Gasteiger partial charge in [-0.05, 0) is 55.2 Å². The van der Waals surface area contributed by atoms with Crippen LogP contribution < -0.4 is 4.74 Å². The molecule has 0 N–H and O–H groups in total. The van der Waals surface area contributed by atoms with Gasteiger partial charge in [-0.15, -0.1) is 0 Å². The van der Waals surface area contributed by atoms with Crippen molar-refractivity contribution < 1.29 is 19.0 Å². The molecule has 25 heavy (non-hydrogen) atoms. The molecule has 1 aromatic rings.